The van der Waals surface area contributed by atoms with Crippen LogP contribution in [0.15, 0.2) is 12.1 Å². The predicted molar refractivity (Wildman–Crippen MR) is 58.2 cm³/mol. The molecule has 0 aliphatic heterocycles. The van der Waals surface area contributed by atoms with Crippen molar-refractivity contribution in [3.8, 4) is 0 Å². The van der Waals surface area contributed by atoms with Crippen LogP contribution in [0.3, 0.4) is 0 Å². The maximum absolute atomic E-state index is 12.9. The Bertz CT molecular complexity index is 381. The summed E-state index contributed by atoms with van der Waals surface area (Å²) in [6, 6.07) is 2.07. The minimum Gasteiger partial charge on any atom is -0.315 e. The molecule has 0 saturated carbocycles. The highest BCUT2D eigenvalue weighted by molar-refractivity contribution is 14.1. The SMILES string of the molecule is CC(=O)N(C)c1cc(F)c(F)cc1I. The van der Waals surface area contributed by atoms with E-state index >= 15 is 0 Å². The summed E-state index contributed by atoms with van der Waals surface area (Å²) in [6.07, 6.45) is 0. The molecule has 0 radical (unpaired) electrons. The molecule has 0 aliphatic carbocycles. The van der Waals surface area contributed by atoms with Crippen LogP contribution in [0.4, 0.5) is 14.5 Å². The third kappa shape index (κ3) is 2.20. The fraction of sp³-hybridized carbons (Fsp3) is 0.222. The lowest BCUT2D eigenvalue weighted by molar-refractivity contribution is -0.116. The maximum atomic E-state index is 12.9. The Balaban J connectivity index is 3.22. The Morgan fingerprint density at radius 3 is 2.36 bits per heavy atom. The Morgan fingerprint density at radius 2 is 1.86 bits per heavy atom. The Hall–Kier alpha value is -0.720. The maximum Gasteiger partial charge on any atom is 0.223 e. The van der Waals surface area contributed by atoms with Crippen LogP contribution in [-0.2, 0) is 4.79 Å². The second-order valence-electron chi connectivity index (χ2n) is 2.80. The second kappa shape index (κ2) is 4.20. The highest BCUT2D eigenvalue weighted by atomic mass is 127. The van der Waals surface area contributed by atoms with Crippen molar-refractivity contribution in [3.05, 3.63) is 27.3 Å². The highest BCUT2D eigenvalue weighted by Gasteiger charge is 2.13. The lowest BCUT2D eigenvalue weighted by Gasteiger charge is -2.16. The molecule has 1 aromatic rings. The van der Waals surface area contributed by atoms with Gasteiger partial charge in [-0.15, -0.1) is 0 Å². The Labute approximate surface area is 94.0 Å². The summed E-state index contributed by atoms with van der Waals surface area (Å²) < 4.78 is 26.1. The first-order valence-corrected chi connectivity index (χ1v) is 4.90. The quantitative estimate of drug-likeness (QED) is 0.576. The van der Waals surface area contributed by atoms with E-state index < -0.39 is 11.6 Å². The summed E-state index contributed by atoms with van der Waals surface area (Å²) in [4.78, 5) is 12.3. The van der Waals surface area contributed by atoms with E-state index in [-0.39, 0.29) is 5.91 Å². The molecular weight excluding hydrogens is 303 g/mol. The van der Waals surface area contributed by atoms with Gasteiger partial charge in [0.2, 0.25) is 5.91 Å². The Morgan fingerprint density at radius 1 is 1.36 bits per heavy atom. The van der Waals surface area contributed by atoms with E-state index in [1.807, 2.05) is 22.6 Å². The molecule has 0 saturated heterocycles. The van der Waals surface area contributed by atoms with Crippen LogP contribution >= 0.6 is 22.6 Å². The van der Waals surface area contributed by atoms with Gasteiger partial charge in [0.1, 0.15) is 0 Å². The van der Waals surface area contributed by atoms with Crippen molar-refractivity contribution in [2.24, 2.45) is 0 Å². The van der Waals surface area contributed by atoms with Gasteiger partial charge in [-0.1, -0.05) is 0 Å². The number of halogens is 3. The van der Waals surface area contributed by atoms with E-state index in [0.717, 1.165) is 12.1 Å². The normalized spacial score (nSPS) is 10.1. The van der Waals surface area contributed by atoms with Crippen molar-refractivity contribution in [2.75, 3.05) is 11.9 Å². The van der Waals surface area contributed by atoms with Crippen LogP contribution in [-0.4, -0.2) is 13.0 Å². The molecule has 1 aromatic carbocycles. The zero-order valence-electron chi connectivity index (χ0n) is 7.64. The lowest BCUT2D eigenvalue weighted by Crippen LogP contribution is -2.24. The van der Waals surface area contributed by atoms with E-state index in [0.29, 0.717) is 9.26 Å². The topological polar surface area (TPSA) is 20.3 Å². The van der Waals surface area contributed by atoms with Gasteiger partial charge in [0, 0.05) is 23.6 Å². The van der Waals surface area contributed by atoms with E-state index in [2.05, 4.69) is 0 Å². The summed E-state index contributed by atoms with van der Waals surface area (Å²) in [7, 11) is 1.51. The van der Waals surface area contributed by atoms with Gasteiger partial charge in [-0.2, -0.15) is 0 Å². The van der Waals surface area contributed by atoms with Crippen LogP contribution in [0.25, 0.3) is 0 Å². The molecule has 5 heteroatoms. The van der Waals surface area contributed by atoms with Gasteiger partial charge in [0.15, 0.2) is 11.6 Å². The average Bonchev–Trinajstić information content (AvgIpc) is 2.10. The number of rotatable bonds is 1. The van der Waals surface area contributed by atoms with E-state index in [9.17, 15) is 13.6 Å². The van der Waals surface area contributed by atoms with Gasteiger partial charge < -0.3 is 4.90 Å². The first-order chi connectivity index (χ1) is 6.43. The molecular formula is C9H8F2INO. The molecule has 1 amide bonds. The van der Waals surface area contributed by atoms with Crippen molar-refractivity contribution in [3.63, 3.8) is 0 Å². The van der Waals surface area contributed by atoms with Gasteiger partial charge in [-0.25, -0.2) is 8.78 Å². The smallest absolute Gasteiger partial charge is 0.223 e. The van der Waals surface area contributed by atoms with E-state index in [1.54, 1.807) is 0 Å². The van der Waals surface area contributed by atoms with E-state index in [4.69, 9.17) is 0 Å². The van der Waals surface area contributed by atoms with Crippen LogP contribution in [0.1, 0.15) is 6.92 Å². The molecule has 0 heterocycles. The van der Waals surface area contributed by atoms with Crippen molar-refractivity contribution in [2.45, 2.75) is 6.92 Å². The van der Waals surface area contributed by atoms with Crippen molar-refractivity contribution >= 4 is 34.2 Å². The number of amides is 1. The fourth-order valence-electron chi connectivity index (χ4n) is 0.939. The molecule has 0 spiro atoms. The molecule has 0 unspecified atom stereocenters. The number of benzene rings is 1. The molecule has 0 bridgehead atoms. The van der Waals surface area contributed by atoms with Gasteiger partial charge in [-0.05, 0) is 28.7 Å². The predicted octanol–water partition coefficient (Wildman–Crippen LogP) is 2.55. The summed E-state index contributed by atoms with van der Waals surface area (Å²) in [5, 5.41) is 0. The third-order valence-corrected chi connectivity index (χ3v) is 2.69. The molecule has 76 valence electrons. The van der Waals surface area contributed by atoms with Crippen LogP contribution in [0.2, 0.25) is 0 Å². The number of anilines is 1. The highest BCUT2D eigenvalue weighted by Crippen LogP contribution is 2.24. The average molecular weight is 311 g/mol. The zero-order valence-corrected chi connectivity index (χ0v) is 9.80. The Kier molecular flexibility index (Phi) is 3.41. The van der Waals surface area contributed by atoms with Crippen LogP contribution in [0.5, 0.6) is 0 Å². The van der Waals surface area contributed by atoms with Gasteiger partial charge in [-0.3, -0.25) is 4.79 Å². The molecule has 14 heavy (non-hydrogen) atoms. The molecule has 0 aliphatic rings. The standard InChI is InChI=1S/C9H8F2INO/c1-5(14)13(2)9-4-7(11)6(10)3-8(9)12/h3-4H,1-2H3. The molecule has 0 fully saturated rings. The summed E-state index contributed by atoms with van der Waals surface area (Å²) in [5.74, 6) is -2.09. The fourth-order valence-corrected chi connectivity index (χ4v) is 1.73. The number of hydrogen-bond donors (Lipinski definition) is 0. The van der Waals surface area contributed by atoms with E-state index in [1.165, 1.54) is 18.9 Å². The first-order valence-electron chi connectivity index (χ1n) is 3.82. The monoisotopic (exact) mass is 311 g/mol. The van der Waals surface area contributed by atoms with Crippen LogP contribution in [0, 0.1) is 15.2 Å². The summed E-state index contributed by atoms with van der Waals surface area (Å²) in [5.41, 5.74) is 0.372. The van der Waals surface area contributed by atoms with Gasteiger partial charge >= 0.3 is 0 Å². The summed E-state index contributed by atoms with van der Waals surface area (Å²) in [6.45, 7) is 1.36. The molecule has 0 aromatic heterocycles. The molecule has 0 atom stereocenters. The van der Waals surface area contributed by atoms with Crippen LogP contribution < -0.4 is 4.90 Å². The molecule has 1 rings (SSSR count). The minimum absolute atomic E-state index is 0.228. The van der Waals surface area contributed by atoms with Crippen molar-refractivity contribution < 1.29 is 13.6 Å². The number of nitrogens with zero attached hydrogens (tertiary/aromatic N) is 1. The first kappa shape index (κ1) is 11.4. The number of carbonyl (C=O) groups excluding carboxylic acids is 1. The molecule has 2 nitrogen and oxygen atoms in total. The van der Waals surface area contributed by atoms with Crippen molar-refractivity contribution in [1.82, 2.24) is 0 Å². The number of carbonyl (C=O) groups is 1. The largest absolute Gasteiger partial charge is 0.315 e. The lowest BCUT2D eigenvalue weighted by atomic mass is 10.3. The van der Waals surface area contributed by atoms with Crippen molar-refractivity contribution in [1.29, 1.82) is 0 Å². The minimum atomic E-state index is -0.950. The molecule has 0 N–H and O–H groups in total. The zero-order chi connectivity index (χ0) is 10.9. The second-order valence-corrected chi connectivity index (χ2v) is 3.96. The summed E-state index contributed by atoms with van der Waals surface area (Å²) >= 11 is 1.85. The van der Waals surface area contributed by atoms with Gasteiger partial charge in [0.25, 0.3) is 0 Å². The van der Waals surface area contributed by atoms with Gasteiger partial charge in [0.05, 0.1) is 5.69 Å². The number of hydrogen-bond acceptors (Lipinski definition) is 1. The third-order valence-electron chi connectivity index (χ3n) is 1.82.